The van der Waals surface area contributed by atoms with Crippen LogP contribution in [-0.2, 0) is 18.4 Å². The number of phosphoric acid groups is 1. The van der Waals surface area contributed by atoms with Gasteiger partial charge in [-0.3, -0.25) is 14.0 Å². The summed E-state index contributed by atoms with van der Waals surface area (Å²) in [6.45, 7) is -0.379. The zero-order chi connectivity index (χ0) is 17.5. The van der Waals surface area contributed by atoms with Gasteiger partial charge in [0.15, 0.2) is 0 Å². The molecule has 0 aliphatic carbocycles. The Morgan fingerprint density at radius 3 is 2.04 bits per heavy atom. The summed E-state index contributed by atoms with van der Waals surface area (Å²) >= 11 is 0. The first-order valence-corrected chi connectivity index (χ1v) is 10.4. The highest BCUT2D eigenvalue weighted by atomic mass is 31.2. The molecule has 0 aliphatic heterocycles. The lowest BCUT2D eigenvalue weighted by atomic mass is 10.3. The minimum Gasteiger partial charge on any atom is -0.404 e. The third-order valence-electron chi connectivity index (χ3n) is 2.87. The van der Waals surface area contributed by atoms with E-state index < -0.39 is 21.5 Å². The molecule has 2 aromatic rings. The van der Waals surface area contributed by atoms with E-state index in [1.54, 1.807) is 36.4 Å². The van der Waals surface area contributed by atoms with Crippen LogP contribution in [0, 0.1) is 0 Å². The van der Waals surface area contributed by atoms with Gasteiger partial charge in [0.1, 0.15) is 12.1 Å². The van der Waals surface area contributed by atoms with Gasteiger partial charge in [-0.2, -0.15) is 0 Å². The molecule has 130 valence electrons. The molecule has 9 heteroatoms. The molecule has 0 saturated carbocycles. The van der Waals surface area contributed by atoms with Crippen molar-refractivity contribution in [3.63, 3.8) is 0 Å². The van der Waals surface area contributed by atoms with E-state index >= 15 is 0 Å². The first-order valence-electron chi connectivity index (χ1n) is 7.06. The standard InChI is InChI=1S/C15H18O7P2/c16-23(17,15-9-5-2-6-10-15)13-20-11-12-21-24(18,19)22-14-7-3-1-4-8-14/h1-10H,11-13H2,(H,16,17)(H,18,19). The van der Waals surface area contributed by atoms with Crippen LogP contribution in [0.5, 0.6) is 5.75 Å². The third-order valence-corrected chi connectivity index (χ3v) is 5.46. The highest BCUT2D eigenvalue weighted by Crippen LogP contribution is 2.43. The van der Waals surface area contributed by atoms with Crippen molar-refractivity contribution in [3.8, 4) is 5.75 Å². The van der Waals surface area contributed by atoms with Gasteiger partial charge in [-0.05, 0) is 24.3 Å². The van der Waals surface area contributed by atoms with E-state index in [0.29, 0.717) is 0 Å². The Labute approximate surface area is 139 Å². The van der Waals surface area contributed by atoms with Crippen LogP contribution in [0.15, 0.2) is 60.7 Å². The van der Waals surface area contributed by atoms with Crippen molar-refractivity contribution in [2.75, 3.05) is 19.6 Å². The first-order chi connectivity index (χ1) is 11.4. The van der Waals surface area contributed by atoms with E-state index in [1.165, 1.54) is 24.3 Å². The van der Waals surface area contributed by atoms with Crippen molar-refractivity contribution in [1.82, 2.24) is 0 Å². The summed E-state index contributed by atoms with van der Waals surface area (Å²) in [5.41, 5.74) is 0. The van der Waals surface area contributed by atoms with Crippen LogP contribution in [0.2, 0.25) is 0 Å². The molecule has 0 saturated heterocycles. The third kappa shape index (κ3) is 6.21. The minimum atomic E-state index is -4.26. The molecule has 2 unspecified atom stereocenters. The zero-order valence-electron chi connectivity index (χ0n) is 12.7. The van der Waals surface area contributed by atoms with Gasteiger partial charge in [-0.1, -0.05) is 36.4 Å². The molecular weight excluding hydrogens is 354 g/mol. The molecule has 0 spiro atoms. The molecule has 0 aliphatic rings. The smallest absolute Gasteiger partial charge is 0.404 e. The van der Waals surface area contributed by atoms with Crippen LogP contribution in [0.3, 0.4) is 0 Å². The summed E-state index contributed by atoms with van der Waals surface area (Å²) in [7, 11) is -7.89. The first kappa shape index (κ1) is 18.9. The Kier molecular flexibility index (Phi) is 6.75. The molecule has 2 rings (SSSR count). The van der Waals surface area contributed by atoms with E-state index in [4.69, 9.17) is 13.8 Å². The molecule has 0 radical (unpaired) electrons. The lowest BCUT2D eigenvalue weighted by Crippen LogP contribution is -2.11. The maximum absolute atomic E-state index is 12.1. The van der Waals surface area contributed by atoms with Crippen molar-refractivity contribution in [3.05, 3.63) is 60.7 Å². The van der Waals surface area contributed by atoms with Crippen LogP contribution >= 0.6 is 15.2 Å². The molecular formula is C15H18O7P2. The average molecular weight is 372 g/mol. The normalized spacial score (nSPS) is 16.1. The van der Waals surface area contributed by atoms with Crippen molar-refractivity contribution in [1.29, 1.82) is 0 Å². The molecule has 7 nitrogen and oxygen atoms in total. The summed E-state index contributed by atoms with van der Waals surface area (Å²) < 4.78 is 38.5. The predicted molar refractivity (Wildman–Crippen MR) is 89.6 cm³/mol. The van der Waals surface area contributed by atoms with Gasteiger partial charge >= 0.3 is 7.82 Å². The Bertz CT molecular complexity index is 721. The van der Waals surface area contributed by atoms with E-state index in [-0.39, 0.29) is 24.3 Å². The molecule has 2 N–H and O–H groups in total. The second-order valence-electron chi connectivity index (χ2n) is 4.78. The number of hydrogen-bond donors (Lipinski definition) is 2. The van der Waals surface area contributed by atoms with Crippen LogP contribution in [-0.4, -0.2) is 29.3 Å². The fourth-order valence-electron chi connectivity index (χ4n) is 1.78. The van der Waals surface area contributed by atoms with Crippen LogP contribution in [0.4, 0.5) is 0 Å². The Morgan fingerprint density at radius 2 is 1.42 bits per heavy atom. The highest BCUT2D eigenvalue weighted by molar-refractivity contribution is 7.65. The van der Waals surface area contributed by atoms with Gasteiger partial charge in [0.2, 0.25) is 0 Å². The Hall–Kier alpha value is -1.46. The molecule has 2 aromatic carbocycles. The number of para-hydroxylation sites is 1. The Balaban J connectivity index is 1.73. The topological polar surface area (TPSA) is 102 Å². The lowest BCUT2D eigenvalue weighted by molar-refractivity contribution is 0.109. The van der Waals surface area contributed by atoms with Crippen molar-refractivity contribution >= 4 is 20.5 Å². The fraction of sp³-hybridized carbons (Fsp3) is 0.200. The number of hydrogen-bond acceptors (Lipinski definition) is 5. The molecule has 0 bridgehead atoms. The van der Waals surface area contributed by atoms with E-state index in [0.717, 1.165) is 0 Å². The van der Waals surface area contributed by atoms with Gasteiger partial charge in [0, 0.05) is 5.30 Å². The second-order valence-corrected chi connectivity index (χ2v) is 8.34. The van der Waals surface area contributed by atoms with Crippen LogP contribution < -0.4 is 9.83 Å². The lowest BCUT2D eigenvalue weighted by Gasteiger charge is -2.14. The predicted octanol–water partition coefficient (Wildman–Crippen LogP) is 2.75. The maximum atomic E-state index is 12.1. The molecule has 24 heavy (non-hydrogen) atoms. The van der Waals surface area contributed by atoms with Crippen LogP contribution in [0.25, 0.3) is 0 Å². The number of benzene rings is 2. The molecule has 0 aromatic heterocycles. The van der Waals surface area contributed by atoms with Gasteiger partial charge < -0.3 is 14.2 Å². The Morgan fingerprint density at radius 1 is 0.833 bits per heavy atom. The van der Waals surface area contributed by atoms with Gasteiger partial charge in [-0.15, -0.1) is 0 Å². The molecule has 2 atom stereocenters. The number of rotatable bonds is 9. The SMILES string of the molecule is O=P(O)(OCCOCP(=O)(O)c1ccccc1)Oc1ccccc1. The molecule has 0 fully saturated rings. The monoisotopic (exact) mass is 372 g/mol. The number of phosphoric ester groups is 1. The van der Waals surface area contributed by atoms with Crippen molar-refractivity contribution in [2.45, 2.75) is 0 Å². The number of ether oxygens (including phenoxy) is 1. The average Bonchev–Trinajstić information content (AvgIpc) is 2.55. The van der Waals surface area contributed by atoms with E-state index in [2.05, 4.69) is 0 Å². The largest absolute Gasteiger partial charge is 0.527 e. The van der Waals surface area contributed by atoms with E-state index in [1.807, 2.05) is 0 Å². The summed E-state index contributed by atoms with van der Waals surface area (Å²) in [4.78, 5) is 19.5. The summed E-state index contributed by atoms with van der Waals surface area (Å²) in [6.07, 6.45) is -0.407. The van der Waals surface area contributed by atoms with E-state index in [9.17, 15) is 18.9 Å². The van der Waals surface area contributed by atoms with Crippen LogP contribution in [0.1, 0.15) is 0 Å². The van der Waals surface area contributed by atoms with Gasteiger partial charge in [-0.25, -0.2) is 4.57 Å². The second kappa shape index (κ2) is 8.58. The summed E-state index contributed by atoms with van der Waals surface area (Å²) in [5, 5.41) is 0.283. The molecule has 0 amide bonds. The molecule has 0 heterocycles. The van der Waals surface area contributed by atoms with Gasteiger partial charge in [0.25, 0.3) is 7.37 Å². The highest BCUT2D eigenvalue weighted by Gasteiger charge is 2.24. The summed E-state index contributed by atoms with van der Waals surface area (Å²) in [5.74, 6) is 0.202. The summed E-state index contributed by atoms with van der Waals surface area (Å²) in [6, 6.07) is 16.2. The minimum absolute atomic E-state index is 0.125. The fourth-order valence-corrected chi connectivity index (χ4v) is 3.69. The van der Waals surface area contributed by atoms with Crippen molar-refractivity contribution < 1.29 is 32.7 Å². The zero-order valence-corrected chi connectivity index (χ0v) is 14.5. The quantitative estimate of drug-likeness (QED) is 0.515. The maximum Gasteiger partial charge on any atom is 0.527 e. The van der Waals surface area contributed by atoms with Gasteiger partial charge in [0.05, 0.1) is 13.2 Å². The van der Waals surface area contributed by atoms with Crippen molar-refractivity contribution in [2.24, 2.45) is 0 Å².